The van der Waals surface area contributed by atoms with Gasteiger partial charge in [-0.1, -0.05) is 26.3 Å². The Balaban J connectivity index is 2.89. The molecule has 2 rings (SSSR count). The van der Waals surface area contributed by atoms with E-state index in [9.17, 15) is 0 Å². The van der Waals surface area contributed by atoms with Crippen LogP contribution >= 0.6 is 0 Å². The highest BCUT2D eigenvalue weighted by Gasteiger charge is 2.06. The second-order valence-electron chi connectivity index (χ2n) is 3.96. The summed E-state index contributed by atoms with van der Waals surface area (Å²) in [5, 5.41) is 0. The molecule has 13 heavy (non-hydrogen) atoms. The molecule has 0 aromatic rings. The summed E-state index contributed by atoms with van der Waals surface area (Å²) in [6.07, 6.45) is 0. The highest BCUT2D eigenvalue weighted by molar-refractivity contribution is 5.80. The smallest absolute Gasteiger partial charge is 0.0488 e. The van der Waals surface area contributed by atoms with Crippen LogP contribution in [0.3, 0.4) is 0 Å². The quantitative estimate of drug-likeness (QED) is 0.530. The third-order valence-corrected chi connectivity index (χ3v) is 2.84. The Hall–Kier alpha value is -1.17. The number of hydrogen-bond donors (Lipinski definition) is 0. The number of aryl methyl sites for hydroxylation is 4. The molecule has 0 heteroatoms. The van der Waals surface area contributed by atoms with Crippen LogP contribution in [0.25, 0.3) is 11.1 Å². The van der Waals surface area contributed by atoms with Crippen molar-refractivity contribution in [2.24, 2.45) is 0 Å². The Bertz CT molecular complexity index is 379. The van der Waals surface area contributed by atoms with Crippen molar-refractivity contribution in [1.82, 2.24) is 0 Å². The Morgan fingerprint density at radius 2 is 1.69 bits per heavy atom. The zero-order valence-corrected chi connectivity index (χ0v) is 8.73. The molecule has 0 N–H and O–H groups in total. The van der Waals surface area contributed by atoms with Crippen LogP contribution in [0.4, 0.5) is 0 Å². The lowest BCUT2D eigenvalue weighted by Gasteiger charge is -2.18. The molecule has 0 heterocycles. The summed E-state index contributed by atoms with van der Waals surface area (Å²) >= 11 is 0. The lowest BCUT2D eigenvalue weighted by atomic mass is 9.95. The lowest BCUT2D eigenvalue weighted by Crippen LogP contribution is -1.87. The maximum Gasteiger partial charge on any atom is -0.0488 e. The van der Waals surface area contributed by atoms with Crippen molar-refractivity contribution < 1.29 is 0 Å². The molecule has 0 aliphatic heterocycles. The van der Waals surface area contributed by atoms with E-state index in [4.69, 9.17) is 0 Å². The molecule has 0 aromatic heterocycles. The predicted molar refractivity (Wildman–Crippen MR) is 57.6 cm³/mol. The van der Waals surface area contributed by atoms with E-state index in [2.05, 4.69) is 45.9 Å². The van der Waals surface area contributed by atoms with Gasteiger partial charge in [-0.2, -0.15) is 0 Å². The third kappa shape index (κ3) is 1.09. The van der Waals surface area contributed by atoms with Gasteiger partial charge in [0.1, 0.15) is 0 Å². The van der Waals surface area contributed by atoms with Gasteiger partial charge in [0, 0.05) is 0 Å². The summed E-state index contributed by atoms with van der Waals surface area (Å²) in [6, 6.07) is 6.71. The van der Waals surface area contributed by atoms with Crippen LogP contribution < -0.4 is 0 Å². The molecule has 0 unspecified atom stereocenters. The Kier molecular flexibility index (Phi) is 1.73. The first-order chi connectivity index (χ1) is 6.11. The molecule has 0 saturated carbocycles. The van der Waals surface area contributed by atoms with Crippen molar-refractivity contribution in [1.29, 1.82) is 0 Å². The van der Waals surface area contributed by atoms with Gasteiger partial charge in [-0.3, -0.25) is 0 Å². The Morgan fingerprint density at radius 1 is 1.00 bits per heavy atom. The first kappa shape index (κ1) is 8.43. The van der Waals surface area contributed by atoms with Crippen molar-refractivity contribution in [2.75, 3.05) is 0 Å². The van der Waals surface area contributed by atoms with Crippen LogP contribution in [0.15, 0.2) is 18.2 Å². The zero-order chi connectivity index (χ0) is 9.59. The SMILES string of the molecule is Cc1cc[c-](C)c2c(C)cc(C)c1-2. The summed E-state index contributed by atoms with van der Waals surface area (Å²) in [6.45, 7) is 8.77. The largest absolute Gasteiger partial charge is 0.142 e. The fraction of sp³-hybridized carbons (Fsp3) is 0.308. The first-order valence-electron chi connectivity index (χ1n) is 4.74. The monoisotopic (exact) mass is 171 g/mol. The summed E-state index contributed by atoms with van der Waals surface area (Å²) in [5.41, 5.74) is 8.52. The first-order valence-corrected chi connectivity index (χ1v) is 4.74. The fourth-order valence-electron chi connectivity index (χ4n) is 2.30. The molecule has 0 bridgehead atoms. The maximum atomic E-state index is 2.28. The van der Waals surface area contributed by atoms with Gasteiger partial charge in [-0.05, 0) is 6.92 Å². The van der Waals surface area contributed by atoms with Crippen molar-refractivity contribution in [3.8, 4) is 11.1 Å². The van der Waals surface area contributed by atoms with E-state index in [-0.39, 0.29) is 0 Å². The van der Waals surface area contributed by atoms with Gasteiger partial charge < -0.3 is 0 Å². The van der Waals surface area contributed by atoms with Crippen LogP contribution in [0.5, 0.6) is 0 Å². The molecule has 0 atom stereocenters. The number of fused-ring (bicyclic) bond motifs is 1. The van der Waals surface area contributed by atoms with Crippen LogP contribution in [0.2, 0.25) is 0 Å². The second-order valence-corrected chi connectivity index (χ2v) is 3.96. The Labute approximate surface area is 79.9 Å². The van der Waals surface area contributed by atoms with Gasteiger partial charge in [-0.25, -0.2) is 0 Å². The lowest BCUT2D eigenvalue weighted by molar-refractivity contribution is 1.36. The van der Waals surface area contributed by atoms with Crippen molar-refractivity contribution >= 4 is 0 Å². The van der Waals surface area contributed by atoms with Gasteiger partial charge in [0.15, 0.2) is 0 Å². The summed E-state index contributed by atoms with van der Waals surface area (Å²) in [5.74, 6) is 0. The average Bonchev–Trinajstić information content (AvgIpc) is 2.36. The molecule has 0 nitrogen and oxygen atoms in total. The molecular weight excluding hydrogens is 156 g/mol. The van der Waals surface area contributed by atoms with Gasteiger partial charge in [-0.15, -0.1) is 46.0 Å². The summed E-state index contributed by atoms with van der Waals surface area (Å²) < 4.78 is 0. The van der Waals surface area contributed by atoms with Crippen LogP contribution in [-0.4, -0.2) is 0 Å². The van der Waals surface area contributed by atoms with Crippen molar-refractivity contribution in [3.63, 3.8) is 0 Å². The summed E-state index contributed by atoms with van der Waals surface area (Å²) in [7, 11) is 0. The molecule has 0 radical (unpaired) electrons. The number of benzene rings is 1. The minimum absolute atomic E-state index is 1.39. The standard InChI is InChI=1S/C13H15/c1-8-5-6-9(2)13-11(4)7-10(3)12(8)13/h5-7H,1-4H3/q-1. The predicted octanol–water partition coefficient (Wildman–Crippen LogP) is 3.74. The third-order valence-electron chi connectivity index (χ3n) is 2.84. The molecule has 0 amide bonds. The normalized spacial score (nSPS) is 11.1. The maximum absolute atomic E-state index is 2.28. The van der Waals surface area contributed by atoms with Gasteiger partial charge in [0.05, 0.1) is 0 Å². The molecule has 0 aromatic carbocycles. The van der Waals surface area contributed by atoms with E-state index in [1.807, 2.05) is 0 Å². The van der Waals surface area contributed by atoms with E-state index in [1.54, 1.807) is 0 Å². The highest BCUT2D eigenvalue weighted by atomic mass is 14.2. The van der Waals surface area contributed by atoms with E-state index in [1.165, 1.54) is 33.4 Å². The van der Waals surface area contributed by atoms with Crippen LogP contribution in [-0.2, 0) is 0 Å². The van der Waals surface area contributed by atoms with Gasteiger partial charge in [0.25, 0.3) is 0 Å². The summed E-state index contributed by atoms with van der Waals surface area (Å²) in [4.78, 5) is 0. The Morgan fingerprint density at radius 3 is 2.31 bits per heavy atom. The van der Waals surface area contributed by atoms with E-state index in [0.29, 0.717) is 0 Å². The molecule has 0 fully saturated rings. The van der Waals surface area contributed by atoms with Crippen molar-refractivity contribution in [2.45, 2.75) is 27.7 Å². The average molecular weight is 171 g/mol. The minimum Gasteiger partial charge on any atom is -0.142 e. The van der Waals surface area contributed by atoms with Crippen molar-refractivity contribution in [3.05, 3.63) is 40.5 Å². The number of hydrogen-bond acceptors (Lipinski definition) is 0. The van der Waals surface area contributed by atoms with E-state index < -0.39 is 0 Å². The molecule has 2 aliphatic carbocycles. The molecule has 0 spiro atoms. The van der Waals surface area contributed by atoms with E-state index in [0.717, 1.165) is 0 Å². The zero-order valence-electron chi connectivity index (χ0n) is 8.73. The topological polar surface area (TPSA) is 0 Å². The van der Waals surface area contributed by atoms with Crippen LogP contribution in [0, 0.1) is 27.7 Å². The minimum atomic E-state index is 1.39. The van der Waals surface area contributed by atoms with Gasteiger partial charge >= 0.3 is 0 Å². The number of rotatable bonds is 0. The molecule has 2 aliphatic rings. The second kappa shape index (κ2) is 2.66. The molecule has 68 valence electrons. The van der Waals surface area contributed by atoms with Gasteiger partial charge in [0.2, 0.25) is 0 Å². The molecular formula is C13H15-. The highest BCUT2D eigenvalue weighted by Crippen LogP contribution is 2.36. The van der Waals surface area contributed by atoms with Crippen LogP contribution in [0.1, 0.15) is 22.3 Å². The molecule has 0 saturated heterocycles. The fourth-order valence-corrected chi connectivity index (χ4v) is 2.30. The van der Waals surface area contributed by atoms with E-state index >= 15 is 0 Å².